The number of rotatable bonds is 2. The van der Waals surface area contributed by atoms with Crippen LogP contribution in [0.5, 0.6) is 0 Å². The highest BCUT2D eigenvalue weighted by molar-refractivity contribution is 7.86. The lowest BCUT2D eigenvalue weighted by molar-refractivity contribution is 0.0184. The average molecular weight is 264 g/mol. The summed E-state index contributed by atoms with van der Waals surface area (Å²) >= 11 is 0. The van der Waals surface area contributed by atoms with Crippen LogP contribution in [0.2, 0.25) is 0 Å². The quantitative estimate of drug-likeness (QED) is 0.891. The maximum absolute atomic E-state index is 12.0. The average Bonchev–Trinajstić information content (AvgIpc) is 2.63. The first-order valence-electron chi connectivity index (χ1n) is 6.83. The van der Waals surface area contributed by atoms with Crippen LogP contribution in [0, 0.1) is 0 Å². The molecule has 0 aliphatic carbocycles. The van der Waals surface area contributed by atoms with E-state index >= 15 is 0 Å². The van der Waals surface area contributed by atoms with E-state index < -0.39 is 16.4 Å². The monoisotopic (exact) mass is 264 g/mol. The minimum Gasteiger partial charge on any atom is -0.385 e. The van der Waals surface area contributed by atoms with Gasteiger partial charge in [0.2, 0.25) is 0 Å². The molecule has 0 amide bonds. The summed E-state index contributed by atoms with van der Waals surface area (Å²) in [6.45, 7) is 2.13. The molecule has 3 heteroatoms. The second-order valence-corrected chi connectivity index (χ2v) is 7.63. The molecule has 2 bridgehead atoms. The van der Waals surface area contributed by atoms with Gasteiger partial charge in [-0.2, -0.15) is 0 Å². The van der Waals surface area contributed by atoms with E-state index in [0.717, 1.165) is 24.8 Å². The molecular weight excluding hydrogens is 244 g/mol. The minimum atomic E-state index is -0.744. The van der Waals surface area contributed by atoms with Gasteiger partial charge < -0.3 is 5.11 Å². The number of hydrogen-bond acceptors (Lipinski definition) is 2. The Bertz CT molecular complexity index is 450. The van der Waals surface area contributed by atoms with Crippen LogP contribution >= 0.6 is 0 Å². The summed E-state index contributed by atoms with van der Waals surface area (Å²) < 4.78 is 12.0. The zero-order chi connectivity index (χ0) is 12.8. The highest BCUT2D eigenvalue weighted by atomic mass is 32.2. The minimum absolute atomic E-state index is 0.208. The van der Waals surface area contributed by atoms with Crippen molar-refractivity contribution in [1.29, 1.82) is 0 Å². The van der Waals surface area contributed by atoms with Crippen LogP contribution in [0.3, 0.4) is 0 Å². The van der Waals surface area contributed by atoms with Crippen LogP contribution in [0.15, 0.2) is 24.3 Å². The summed E-state index contributed by atoms with van der Waals surface area (Å²) in [5.74, 6) is 0. The first kappa shape index (κ1) is 12.4. The van der Waals surface area contributed by atoms with E-state index in [2.05, 4.69) is 19.1 Å². The molecule has 98 valence electrons. The zero-order valence-corrected chi connectivity index (χ0v) is 11.6. The van der Waals surface area contributed by atoms with Crippen LogP contribution in [0.1, 0.15) is 43.7 Å². The molecule has 1 N–H and O–H groups in total. The molecule has 2 fully saturated rings. The Hall–Kier alpha value is -0.670. The van der Waals surface area contributed by atoms with Crippen molar-refractivity contribution < 1.29 is 9.32 Å². The van der Waals surface area contributed by atoms with Crippen LogP contribution in [0.25, 0.3) is 0 Å². The lowest BCUT2D eigenvalue weighted by atomic mass is 9.85. The highest BCUT2D eigenvalue weighted by Crippen LogP contribution is 2.45. The largest absolute Gasteiger partial charge is 0.385 e. The Balaban J connectivity index is 1.88. The van der Waals surface area contributed by atoms with Gasteiger partial charge in [-0.3, -0.25) is 4.21 Å². The maximum atomic E-state index is 12.0. The smallest absolute Gasteiger partial charge is 0.0919 e. The second-order valence-electron chi connectivity index (χ2n) is 5.64. The van der Waals surface area contributed by atoms with E-state index in [0.29, 0.717) is 12.8 Å². The zero-order valence-electron chi connectivity index (χ0n) is 10.8. The predicted molar refractivity (Wildman–Crippen MR) is 73.9 cm³/mol. The summed E-state index contributed by atoms with van der Waals surface area (Å²) in [4.78, 5) is 0. The Morgan fingerprint density at radius 3 is 2.28 bits per heavy atom. The second kappa shape index (κ2) is 4.46. The lowest BCUT2D eigenvalue weighted by Crippen LogP contribution is -2.40. The summed E-state index contributed by atoms with van der Waals surface area (Å²) in [5, 5.41) is 11.3. The Labute approximate surface area is 111 Å². The number of aliphatic hydroxyl groups is 1. The van der Waals surface area contributed by atoms with E-state index in [1.165, 1.54) is 5.56 Å². The van der Waals surface area contributed by atoms with E-state index in [4.69, 9.17) is 0 Å². The summed E-state index contributed by atoms with van der Waals surface area (Å²) in [5.41, 5.74) is 1.56. The molecule has 0 saturated carbocycles. The van der Waals surface area contributed by atoms with Crippen molar-refractivity contribution in [3.8, 4) is 0 Å². The molecule has 2 aliphatic heterocycles. The van der Waals surface area contributed by atoms with Crippen LogP contribution < -0.4 is 0 Å². The standard InChI is InChI=1S/C15H20O2S/c1-2-11-3-5-12(6-4-11)15(16)9-13-7-8-14(10-15)18(13)17/h3-6,13-14,16H,2,7-10H2,1H3. The molecule has 2 aliphatic rings. The van der Waals surface area contributed by atoms with Gasteiger partial charge in [-0.1, -0.05) is 31.2 Å². The first-order chi connectivity index (χ1) is 8.62. The fraction of sp³-hybridized carbons (Fsp3) is 0.600. The molecule has 2 nitrogen and oxygen atoms in total. The molecule has 0 spiro atoms. The summed E-state index contributed by atoms with van der Waals surface area (Å²) in [6.07, 6.45) is 4.40. The van der Waals surface area contributed by atoms with E-state index in [1.54, 1.807) is 0 Å². The normalized spacial score (nSPS) is 38.9. The lowest BCUT2D eigenvalue weighted by Gasteiger charge is -2.36. The van der Waals surface area contributed by atoms with Crippen molar-refractivity contribution in [3.63, 3.8) is 0 Å². The molecule has 3 rings (SSSR count). The maximum Gasteiger partial charge on any atom is 0.0919 e. The third-order valence-corrected chi connectivity index (χ3v) is 6.62. The molecule has 2 atom stereocenters. The van der Waals surface area contributed by atoms with Gasteiger partial charge in [0, 0.05) is 21.3 Å². The molecule has 2 heterocycles. The van der Waals surface area contributed by atoms with Crippen molar-refractivity contribution in [1.82, 2.24) is 0 Å². The molecule has 1 aromatic carbocycles. The van der Waals surface area contributed by atoms with Crippen molar-refractivity contribution in [2.75, 3.05) is 0 Å². The molecule has 18 heavy (non-hydrogen) atoms. The van der Waals surface area contributed by atoms with Crippen molar-refractivity contribution >= 4 is 10.8 Å². The van der Waals surface area contributed by atoms with E-state index in [1.807, 2.05) is 12.1 Å². The van der Waals surface area contributed by atoms with Gasteiger partial charge in [0.1, 0.15) is 0 Å². The fourth-order valence-corrected chi connectivity index (χ4v) is 5.53. The highest BCUT2D eigenvalue weighted by Gasteiger charge is 2.48. The topological polar surface area (TPSA) is 37.3 Å². The Morgan fingerprint density at radius 1 is 1.22 bits per heavy atom. The fourth-order valence-electron chi connectivity index (χ4n) is 3.37. The van der Waals surface area contributed by atoms with Gasteiger partial charge in [0.25, 0.3) is 0 Å². The van der Waals surface area contributed by atoms with Gasteiger partial charge in [-0.25, -0.2) is 0 Å². The van der Waals surface area contributed by atoms with Gasteiger partial charge >= 0.3 is 0 Å². The molecule has 0 radical (unpaired) electrons. The van der Waals surface area contributed by atoms with Gasteiger partial charge in [-0.05, 0) is 43.2 Å². The van der Waals surface area contributed by atoms with Crippen molar-refractivity contribution in [2.24, 2.45) is 0 Å². The number of benzene rings is 1. The van der Waals surface area contributed by atoms with Crippen LogP contribution in [-0.4, -0.2) is 19.8 Å². The third-order valence-electron chi connectivity index (χ3n) is 4.50. The van der Waals surface area contributed by atoms with Crippen LogP contribution in [-0.2, 0) is 22.8 Å². The predicted octanol–water partition coefficient (Wildman–Crippen LogP) is 2.51. The molecule has 1 aromatic rings. The van der Waals surface area contributed by atoms with Gasteiger partial charge in [0.15, 0.2) is 0 Å². The number of aryl methyl sites for hydroxylation is 1. The Kier molecular flexibility index (Phi) is 3.07. The molecular formula is C15H20O2S. The summed E-state index contributed by atoms with van der Waals surface area (Å²) in [6, 6.07) is 8.29. The van der Waals surface area contributed by atoms with E-state index in [-0.39, 0.29) is 10.5 Å². The van der Waals surface area contributed by atoms with Crippen molar-refractivity contribution in [3.05, 3.63) is 35.4 Å². The van der Waals surface area contributed by atoms with Gasteiger partial charge in [0.05, 0.1) is 5.60 Å². The molecule has 2 unspecified atom stereocenters. The van der Waals surface area contributed by atoms with E-state index in [9.17, 15) is 9.32 Å². The Morgan fingerprint density at radius 2 is 1.78 bits per heavy atom. The molecule has 0 aromatic heterocycles. The first-order valence-corrected chi connectivity index (χ1v) is 8.11. The third kappa shape index (κ3) is 1.94. The molecule has 2 saturated heterocycles. The van der Waals surface area contributed by atoms with Gasteiger partial charge in [-0.15, -0.1) is 0 Å². The summed E-state index contributed by atoms with van der Waals surface area (Å²) in [7, 11) is -0.705. The number of fused-ring (bicyclic) bond motifs is 2. The van der Waals surface area contributed by atoms with Crippen LogP contribution in [0.4, 0.5) is 0 Å². The SMILES string of the molecule is CCc1ccc(C2(O)CC3CCC(C2)S3=O)cc1. The van der Waals surface area contributed by atoms with Crippen molar-refractivity contribution in [2.45, 2.75) is 55.1 Å². The number of hydrogen-bond donors (Lipinski definition) is 1.